The van der Waals surface area contributed by atoms with Gasteiger partial charge in [-0.15, -0.1) is 0 Å². The first kappa shape index (κ1) is 14.9. The lowest BCUT2D eigenvalue weighted by Gasteiger charge is -2.11. The van der Waals surface area contributed by atoms with Gasteiger partial charge in [0.25, 0.3) is 0 Å². The van der Waals surface area contributed by atoms with Gasteiger partial charge in [-0.2, -0.15) is 0 Å². The Labute approximate surface area is 118 Å². The molecule has 0 aliphatic rings. The second-order valence-corrected chi connectivity index (χ2v) is 4.16. The molecule has 5 nitrogen and oxygen atoms in total. The quantitative estimate of drug-likeness (QED) is 0.882. The molecule has 1 heterocycles. The third-order valence-corrected chi connectivity index (χ3v) is 2.88. The lowest BCUT2D eigenvalue weighted by molar-refractivity contribution is 0.0595. The van der Waals surface area contributed by atoms with Crippen molar-refractivity contribution >= 4 is 11.8 Å². The van der Waals surface area contributed by atoms with Crippen molar-refractivity contribution < 1.29 is 22.7 Å². The van der Waals surface area contributed by atoms with E-state index in [0.717, 1.165) is 11.7 Å². The summed E-state index contributed by atoms with van der Waals surface area (Å²) in [5.41, 5.74) is 4.89. The number of hydrogen-bond donors (Lipinski definition) is 1. The maximum absolute atomic E-state index is 13.9. The van der Waals surface area contributed by atoms with Crippen molar-refractivity contribution in [2.75, 3.05) is 12.8 Å². The summed E-state index contributed by atoms with van der Waals surface area (Å²) in [4.78, 5) is 15.5. The number of halogens is 3. The molecule has 1 aromatic heterocycles. The summed E-state index contributed by atoms with van der Waals surface area (Å²) < 4.78 is 46.2. The molecule has 0 saturated carbocycles. The number of hydrogen-bond acceptors (Lipinski definition) is 4. The van der Waals surface area contributed by atoms with Gasteiger partial charge in [-0.05, 0) is 0 Å². The van der Waals surface area contributed by atoms with Crippen LogP contribution in [0, 0.1) is 17.5 Å². The van der Waals surface area contributed by atoms with E-state index in [0.29, 0.717) is 12.1 Å². The van der Waals surface area contributed by atoms with Crippen LogP contribution in [-0.4, -0.2) is 22.6 Å². The van der Waals surface area contributed by atoms with Gasteiger partial charge in [-0.25, -0.2) is 22.9 Å². The number of ether oxygens (including phenoxy) is 1. The zero-order valence-corrected chi connectivity index (χ0v) is 11.3. The summed E-state index contributed by atoms with van der Waals surface area (Å²) in [6.07, 6.45) is 0.247. The Morgan fingerprint density at radius 3 is 2.38 bits per heavy atom. The van der Waals surface area contributed by atoms with Crippen molar-refractivity contribution in [1.82, 2.24) is 9.55 Å². The molecule has 0 radical (unpaired) electrons. The molecule has 112 valence electrons. The fourth-order valence-corrected chi connectivity index (χ4v) is 1.96. The van der Waals surface area contributed by atoms with E-state index in [4.69, 9.17) is 5.73 Å². The fourth-order valence-electron chi connectivity index (χ4n) is 1.96. The number of carbonyl (C=O) groups is 1. The van der Waals surface area contributed by atoms with Gasteiger partial charge in [0.05, 0.1) is 7.11 Å². The summed E-state index contributed by atoms with van der Waals surface area (Å²) in [7, 11) is 1.13. The number of esters is 1. The molecule has 0 fully saturated rings. The van der Waals surface area contributed by atoms with Gasteiger partial charge in [0.15, 0.2) is 17.3 Å². The Morgan fingerprint density at radius 2 is 1.90 bits per heavy atom. The van der Waals surface area contributed by atoms with Crippen LogP contribution in [0.1, 0.15) is 23.2 Å². The Balaban J connectivity index is 2.75. The Kier molecular flexibility index (Phi) is 3.88. The van der Waals surface area contributed by atoms with Crippen LogP contribution < -0.4 is 5.73 Å². The second kappa shape index (κ2) is 5.47. The second-order valence-electron chi connectivity index (χ2n) is 4.16. The minimum Gasteiger partial charge on any atom is -0.464 e. The van der Waals surface area contributed by atoms with E-state index in [1.165, 1.54) is 0 Å². The first-order valence-electron chi connectivity index (χ1n) is 6.01. The molecule has 21 heavy (non-hydrogen) atoms. The van der Waals surface area contributed by atoms with Crippen LogP contribution in [-0.2, 0) is 11.2 Å². The van der Waals surface area contributed by atoms with Gasteiger partial charge >= 0.3 is 5.97 Å². The number of nitrogens with zero attached hydrogens (tertiary/aromatic N) is 2. The van der Waals surface area contributed by atoms with Crippen LogP contribution in [0.4, 0.5) is 19.0 Å². The van der Waals surface area contributed by atoms with Crippen molar-refractivity contribution in [3.8, 4) is 5.69 Å². The highest BCUT2D eigenvalue weighted by atomic mass is 19.1. The molecule has 0 unspecified atom stereocenters. The van der Waals surface area contributed by atoms with E-state index in [9.17, 15) is 18.0 Å². The molecule has 0 spiro atoms. The molecule has 0 saturated heterocycles. The Morgan fingerprint density at radius 1 is 1.33 bits per heavy atom. The first-order chi connectivity index (χ1) is 9.90. The van der Waals surface area contributed by atoms with Crippen LogP contribution in [0.2, 0.25) is 0 Å². The zero-order chi connectivity index (χ0) is 15.7. The van der Waals surface area contributed by atoms with Crippen LogP contribution in [0.15, 0.2) is 12.1 Å². The van der Waals surface area contributed by atoms with Gasteiger partial charge < -0.3 is 10.5 Å². The highest BCUT2D eigenvalue weighted by molar-refractivity contribution is 5.92. The number of imidazole rings is 1. The van der Waals surface area contributed by atoms with Crippen LogP contribution in [0.5, 0.6) is 0 Å². The van der Waals surface area contributed by atoms with Gasteiger partial charge in [-0.1, -0.05) is 6.92 Å². The molecule has 2 aromatic rings. The van der Waals surface area contributed by atoms with E-state index in [1.54, 1.807) is 6.92 Å². The molecule has 1 aromatic carbocycles. The van der Waals surface area contributed by atoms with Crippen molar-refractivity contribution in [2.24, 2.45) is 0 Å². The van der Waals surface area contributed by atoms with E-state index < -0.39 is 29.1 Å². The molecule has 0 atom stereocenters. The maximum Gasteiger partial charge on any atom is 0.360 e. The highest BCUT2D eigenvalue weighted by Gasteiger charge is 2.25. The summed E-state index contributed by atoms with van der Waals surface area (Å²) in [5, 5.41) is 0. The van der Waals surface area contributed by atoms with Crippen molar-refractivity contribution in [3.63, 3.8) is 0 Å². The molecule has 0 aliphatic carbocycles. The number of rotatable bonds is 3. The number of anilines is 1. The van der Waals surface area contributed by atoms with Crippen LogP contribution in [0.25, 0.3) is 5.69 Å². The van der Waals surface area contributed by atoms with E-state index in [-0.39, 0.29) is 23.8 Å². The Hall–Kier alpha value is -2.51. The molecule has 2 rings (SSSR count). The van der Waals surface area contributed by atoms with E-state index in [2.05, 4.69) is 9.72 Å². The lowest BCUT2D eigenvalue weighted by atomic mass is 10.2. The molecular weight excluding hydrogens is 287 g/mol. The molecule has 2 N–H and O–H groups in total. The zero-order valence-electron chi connectivity index (χ0n) is 11.3. The molecule has 0 amide bonds. The van der Waals surface area contributed by atoms with Crippen LogP contribution in [0.3, 0.4) is 0 Å². The minimum atomic E-state index is -1.15. The number of benzene rings is 1. The topological polar surface area (TPSA) is 70.1 Å². The molecule has 0 aliphatic heterocycles. The monoisotopic (exact) mass is 299 g/mol. The fraction of sp³-hybridized carbons (Fsp3) is 0.231. The lowest BCUT2D eigenvalue weighted by Crippen LogP contribution is -2.11. The average molecular weight is 299 g/mol. The van der Waals surface area contributed by atoms with Gasteiger partial charge in [-0.3, -0.25) is 4.57 Å². The summed E-state index contributed by atoms with van der Waals surface area (Å²) in [6.45, 7) is 1.67. The minimum absolute atomic E-state index is 0.150. The number of methoxy groups -OCH3 is 1. The van der Waals surface area contributed by atoms with E-state index >= 15 is 0 Å². The largest absolute Gasteiger partial charge is 0.464 e. The van der Waals surface area contributed by atoms with Gasteiger partial charge in [0.1, 0.15) is 23.1 Å². The third kappa shape index (κ3) is 2.44. The number of aryl methyl sites for hydroxylation is 1. The summed E-state index contributed by atoms with van der Waals surface area (Å²) in [5.74, 6) is -4.31. The molecule has 8 heteroatoms. The van der Waals surface area contributed by atoms with Crippen LogP contribution >= 0.6 is 0 Å². The number of carbonyl (C=O) groups excluding carboxylic acids is 1. The van der Waals surface area contributed by atoms with Crippen molar-refractivity contribution in [2.45, 2.75) is 13.3 Å². The standard InChI is InChI=1S/C13H12F3N3O2/c1-3-9-18-10(13(20)21-2)12(17)19(9)11-7(15)4-6(14)5-8(11)16/h4-5H,3,17H2,1-2H3. The van der Waals surface area contributed by atoms with Gasteiger partial charge in [0.2, 0.25) is 0 Å². The highest BCUT2D eigenvalue weighted by Crippen LogP contribution is 2.27. The maximum atomic E-state index is 13.9. The Bertz CT molecular complexity index is 690. The van der Waals surface area contributed by atoms with E-state index in [1.807, 2.05) is 0 Å². The third-order valence-electron chi connectivity index (χ3n) is 2.88. The predicted molar refractivity (Wildman–Crippen MR) is 68.6 cm³/mol. The van der Waals surface area contributed by atoms with Crippen molar-refractivity contribution in [3.05, 3.63) is 41.1 Å². The van der Waals surface area contributed by atoms with Gasteiger partial charge in [0, 0.05) is 18.6 Å². The van der Waals surface area contributed by atoms with Crippen molar-refractivity contribution in [1.29, 1.82) is 0 Å². The first-order valence-corrected chi connectivity index (χ1v) is 6.01. The predicted octanol–water partition coefficient (Wildman–Crippen LogP) is 2.22. The number of aromatic nitrogens is 2. The number of nitrogen functional groups attached to an aromatic ring is 1. The summed E-state index contributed by atoms with van der Waals surface area (Å²) in [6, 6.07) is 1.05. The normalized spacial score (nSPS) is 10.7. The summed E-state index contributed by atoms with van der Waals surface area (Å²) >= 11 is 0. The average Bonchev–Trinajstić information content (AvgIpc) is 2.74. The SMILES string of the molecule is CCc1nc(C(=O)OC)c(N)n1-c1c(F)cc(F)cc1F. The number of nitrogens with two attached hydrogens (primary N) is 1. The smallest absolute Gasteiger partial charge is 0.360 e. The molecule has 0 bridgehead atoms. The molecular formula is C13H12F3N3O2.